The van der Waals surface area contributed by atoms with Gasteiger partial charge in [0.1, 0.15) is 0 Å². The van der Waals surface area contributed by atoms with Gasteiger partial charge in [-0.25, -0.2) is 0 Å². The number of nitrogens with zero attached hydrogens (tertiary/aromatic N) is 2. The Morgan fingerprint density at radius 1 is 1.21 bits per heavy atom. The second-order valence-electron chi connectivity index (χ2n) is 4.28. The Labute approximate surface area is 109 Å². The first-order valence-corrected chi connectivity index (χ1v) is 5.76. The number of halogens is 3. The minimum atomic E-state index is -4.31. The third-order valence-corrected chi connectivity index (χ3v) is 2.76. The van der Waals surface area contributed by atoms with Crippen LogP contribution < -0.4 is 5.32 Å². The molecule has 0 bridgehead atoms. The molecule has 0 spiro atoms. The number of benzene rings is 1. The number of aryl methyl sites for hydroxylation is 1. The maximum Gasteiger partial charge on any atom is 0.416 e. The number of alkyl halides is 3. The van der Waals surface area contributed by atoms with Crippen molar-refractivity contribution in [2.24, 2.45) is 7.05 Å². The maximum absolute atomic E-state index is 12.5. The molecule has 0 aliphatic rings. The van der Waals surface area contributed by atoms with E-state index in [4.69, 9.17) is 0 Å². The van der Waals surface area contributed by atoms with Crippen molar-refractivity contribution in [2.75, 3.05) is 7.05 Å². The van der Waals surface area contributed by atoms with Crippen LogP contribution in [0.2, 0.25) is 0 Å². The second kappa shape index (κ2) is 5.05. The first-order valence-electron chi connectivity index (χ1n) is 5.76. The van der Waals surface area contributed by atoms with Crippen LogP contribution in [0, 0.1) is 0 Å². The molecule has 0 radical (unpaired) electrons. The lowest BCUT2D eigenvalue weighted by atomic mass is 10.1. The van der Waals surface area contributed by atoms with Crippen molar-refractivity contribution in [3.63, 3.8) is 0 Å². The van der Waals surface area contributed by atoms with Crippen molar-refractivity contribution in [3.05, 3.63) is 41.6 Å². The van der Waals surface area contributed by atoms with E-state index in [0.29, 0.717) is 17.8 Å². The summed E-state index contributed by atoms with van der Waals surface area (Å²) in [6, 6.07) is 5.05. The molecule has 1 N–H and O–H groups in total. The highest BCUT2D eigenvalue weighted by Gasteiger charge is 2.30. The summed E-state index contributed by atoms with van der Waals surface area (Å²) in [5, 5.41) is 7.30. The fraction of sp³-hybridized carbons (Fsp3) is 0.308. The molecule has 0 amide bonds. The van der Waals surface area contributed by atoms with Crippen molar-refractivity contribution >= 4 is 0 Å². The Kier molecular flexibility index (Phi) is 3.61. The van der Waals surface area contributed by atoms with Gasteiger partial charge in [-0.15, -0.1) is 0 Å². The molecule has 0 saturated heterocycles. The Balaban J connectivity index is 2.37. The Morgan fingerprint density at radius 2 is 1.84 bits per heavy atom. The van der Waals surface area contributed by atoms with E-state index >= 15 is 0 Å². The summed E-state index contributed by atoms with van der Waals surface area (Å²) in [4.78, 5) is 0. The molecule has 1 aromatic carbocycles. The average molecular weight is 269 g/mol. The fourth-order valence-electron chi connectivity index (χ4n) is 1.92. The average Bonchev–Trinajstić information content (AvgIpc) is 2.70. The van der Waals surface area contributed by atoms with Crippen LogP contribution in [-0.2, 0) is 19.8 Å². The number of aromatic nitrogens is 2. The van der Waals surface area contributed by atoms with Gasteiger partial charge in [-0.3, -0.25) is 4.68 Å². The molecular weight excluding hydrogens is 255 g/mol. The number of hydrogen-bond donors (Lipinski definition) is 1. The van der Waals surface area contributed by atoms with E-state index in [0.717, 1.165) is 17.7 Å². The summed E-state index contributed by atoms with van der Waals surface area (Å²) < 4.78 is 39.1. The SMILES string of the molecule is CNCc1cn(C)nc1-c1ccc(C(F)(F)F)cc1. The number of nitrogens with one attached hydrogen (secondary N) is 1. The third-order valence-electron chi connectivity index (χ3n) is 2.76. The minimum Gasteiger partial charge on any atom is -0.316 e. The van der Waals surface area contributed by atoms with Gasteiger partial charge in [0.25, 0.3) is 0 Å². The van der Waals surface area contributed by atoms with Gasteiger partial charge < -0.3 is 5.32 Å². The summed E-state index contributed by atoms with van der Waals surface area (Å²) in [6.07, 6.45) is -2.46. The van der Waals surface area contributed by atoms with E-state index in [9.17, 15) is 13.2 Å². The predicted molar refractivity (Wildman–Crippen MR) is 66.4 cm³/mol. The first-order chi connectivity index (χ1) is 8.91. The minimum absolute atomic E-state index is 0.615. The molecule has 0 saturated carbocycles. The summed E-state index contributed by atoms with van der Waals surface area (Å²) >= 11 is 0. The van der Waals surface area contributed by atoms with E-state index in [1.165, 1.54) is 12.1 Å². The van der Waals surface area contributed by atoms with Crippen LogP contribution in [0.4, 0.5) is 13.2 Å². The van der Waals surface area contributed by atoms with Gasteiger partial charge in [-0.05, 0) is 19.2 Å². The van der Waals surface area contributed by atoms with Crippen LogP contribution >= 0.6 is 0 Å². The summed E-state index contributed by atoms with van der Waals surface area (Å²) in [5.74, 6) is 0. The van der Waals surface area contributed by atoms with E-state index in [-0.39, 0.29) is 0 Å². The highest BCUT2D eigenvalue weighted by Crippen LogP contribution is 2.31. The molecule has 19 heavy (non-hydrogen) atoms. The lowest BCUT2D eigenvalue weighted by Gasteiger charge is -2.07. The van der Waals surface area contributed by atoms with Gasteiger partial charge in [0.05, 0.1) is 11.3 Å². The van der Waals surface area contributed by atoms with Crippen molar-refractivity contribution in [3.8, 4) is 11.3 Å². The standard InChI is InChI=1S/C13H14F3N3/c1-17-7-10-8-19(2)18-12(10)9-3-5-11(6-4-9)13(14,15)16/h3-6,8,17H,7H2,1-2H3. The largest absolute Gasteiger partial charge is 0.416 e. The van der Waals surface area contributed by atoms with Gasteiger partial charge in [-0.2, -0.15) is 18.3 Å². The summed E-state index contributed by atoms with van der Waals surface area (Å²) in [5.41, 5.74) is 1.68. The topological polar surface area (TPSA) is 29.9 Å². The highest BCUT2D eigenvalue weighted by atomic mass is 19.4. The normalized spacial score (nSPS) is 11.8. The lowest BCUT2D eigenvalue weighted by molar-refractivity contribution is -0.137. The smallest absolute Gasteiger partial charge is 0.316 e. The zero-order valence-electron chi connectivity index (χ0n) is 10.6. The van der Waals surface area contributed by atoms with Gasteiger partial charge in [0.2, 0.25) is 0 Å². The molecule has 102 valence electrons. The lowest BCUT2D eigenvalue weighted by Crippen LogP contribution is -2.06. The second-order valence-corrected chi connectivity index (χ2v) is 4.28. The molecule has 0 unspecified atom stereocenters. The van der Waals surface area contributed by atoms with Crippen LogP contribution in [0.15, 0.2) is 30.5 Å². The molecule has 0 aliphatic heterocycles. The zero-order chi connectivity index (χ0) is 14.0. The Bertz CT molecular complexity index is 556. The van der Waals surface area contributed by atoms with Crippen molar-refractivity contribution in [1.29, 1.82) is 0 Å². The van der Waals surface area contributed by atoms with Crippen molar-refractivity contribution < 1.29 is 13.2 Å². The molecule has 1 aromatic heterocycles. The predicted octanol–water partition coefficient (Wildman–Crippen LogP) is 2.83. The first kappa shape index (κ1) is 13.6. The fourth-order valence-corrected chi connectivity index (χ4v) is 1.92. The molecule has 0 fully saturated rings. The van der Waals surface area contributed by atoms with E-state index in [1.54, 1.807) is 11.7 Å². The van der Waals surface area contributed by atoms with Gasteiger partial charge in [0.15, 0.2) is 0 Å². The molecule has 2 aromatic rings. The van der Waals surface area contributed by atoms with Gasteiger partial charge in [-0.1, -0.05) is 12.1 Å². The maximum atomic E-state index is 12.5. The van der Waals surface area contributed by atoms with Crippen molar-refractivity contribution in [1.82, 2.24) is 15.1 Å². The van der Waals surface area contributed by atoms with Crippen LogP contribution in [0.1, 0.15) is 11.1 Å². The summed E-state index contributed by atoms with van der Waals surface area (Å²) in [7, 11) is 3.59. The van der Waals surface area contributed by atoms with Crippen LogP contribution in [0.3, 0.4) is 0 Å². The van der Waals surface area contributed by atoms with E-state index in [1.807, 2.05) is 13.2 Å². The number of rotatable bonds is 3. The Morgan fingerprint density at radius 3 is 2.37 bits per heavy atom. The zero-order valence-corrected chi connectivity index (χ0v) is 10.6. The van der Waals surface area contributed by atoms with Crippen LogP contribution in [0.25, 0.3) is 11.3 Å². The summed E-state index contributed by atoms with van der Waals surface area (Å²) in [6.45, 7) is 0.615. The molecule has 0 atom stereocenters. The quantitative estimate of drug-likeness (QED) is 0.928. The molecule has 6 heteroatoms. The van der Waals surface area contributed by atoms with Crippen molar-refractivity contribution in [2.45, 2.75) is 12.7 Å². The van der Waals surface area contributed by atoms with E-state index in [2.05, 4.69) is 10.4 Å². The van der Waals surface area contributed by atoms with E-state index < -0.39 is 11.7 Å². The van der Waals surface area contributed by atoms with Crippen LogP contribution in [0.5, 0.6) is 0 Å². The highest BCUT2D eigenvalue weighted by molar-refractivity contribution is 5.63. The molecule has 3 nitrogen and oxygen atoms in total. The number of hydrogen-bond acceptors (Lipinski definition) is 2. The third kappa shape index (κ3) is 2.96. The van der Waals surface area contributed by atoms with Gasteiger partial charge >= 0.3 is 6.18 Å². The molecule has 0 aliphatic carbocycles. The van der Waals surface area contributed by atoms with Crippen LogP contribution in [-0.4, -0.2) is 16.8 Å². The molecule has 2 rings (SSSR count). The Hall–Kier alpha value is -1.82. The molecular formula is C13H14F3N3. The molecule has 1 heterocycles. The monoisotopic (exact) mass is 269 g/mol. The van der Waals surface area contributed by atoms with Gasteiger partial charge in [0, 0.05) is 30.9 Å².